The summed E-state index contributed by atoms with van der Waals surface area (Å²) in [4.78, 5) is 2.30. The fourth-order valence-electron chi connectivity index (χ4n) is 3.31. The maximum Gasteiger partial charge on any atom is 0.389 e. The second-order valence-electron chi connectivity index (χ2n) is 7.04. The molecule has 2 atom stereocenters. The first-order valence-corrected chi connectivity index (χ1v) is 7.75. The van der Waals surface area contributed by atoms with Crippen molar-refractivity contribution in [2.75, 3.05) is 19.6 Å². The van der Waals surface area contributed by atoms with Crippen LogP contribution in [0.1, 0.15) is 52.9 Å². The molecule has 1 aliphatic heterocycles. The van der Waals surface area contributed by atoms with Crippen molar-refractivity contribution in [1.82, 2.24) is 10.2 Å². The van der Waals surface area contributed by atoms with Gasteiger partial charge in [-0.2, -0.15) is 13.2 Å². The van der Waals surface area contributed by atoms with Gasteiger partial charge in [-0.15, -0.1) is 0 Å². The van der Waals surface area contributed by atoms with Gasteiger partial charge in [0, 0.05) is 30.6 Å². The van der Waals surface area contributed by atoms with Crippen LogP contribution < -0.4 is 5.32 Å². The first-order chi connectivity index (χ1) is 9.19. The molecule has 1 N–H and O–H groups in total. The molecule has 2 nitrogen and oxygen atoms in total. The van der Waals surface area contributed by atoms with Crippen molar-refractivity contribution in [2.45, 2.75) is 70.1 Å². The zero-order chi connectivity index (χ0) is 15.0. The molecule has 1 saturated heterocycles. The minimum absolute atomic E-state index is 0.0139. The van der Waals surface area contributed by atoms with Crippen LogP contribution in [-0.4, -0.2) is 41.8 Å². The second kappa shape index (κ2) is 5.48. The van der Waals surface area contributed by atoms with Gasteiger partial charge in [-0.25, -0.2) is 0 Å². The molecule has 1 aliphatic carbocycles. The number of hydrogen-bond acceptors (Lipinski definition) is 2. The van der Waals surface area contributed by atoms with Crippen molar-refractivity contribution in [1.29, 1.82) is 0 Å². The van der Waals surface area contributed by atoms with E-state index in [1.807, 2.05) is 0 Å². The van der Waals surface area contributed by atoms with E-state index in [0.29, 0.717) is 12.5 Å². The summed E-state index contributed by atoms with van der Waals surface area (Å²) < 4.78 is 37.0. The van der Waals surface area contributed by atoms with Crippen molar-refractivity contribution in [2.24, 2.45) is 5.92 Å². The fraction of sp³-hybridized carbons (Fsp3) is 1.00. The van der Waals surface area contributed by atoms with Crippen LogP contribution in [0, 0.1) is 5.92 Å². The van der Waals surface area contributed by atoms with Crippen molar-refractivity contribution in [3.63, 3.8) is 0 Å². The molecule has 0 aromatic rings. The largest absolute Gasteiger partial charge is 0.389 e. The quantitative estimate of drug-likeness (QED) is 0.833. The summed E-state index contributed by atoms with van der Waals surface area (Å²) in [5.74, 6) is 0.703. The zero-order valence-corrected chi connectivity index (χ0v) is 12.8. The summed E-state index contributed by atoms with van der Waals surface area (Å²) in [6.07, 6.45) is -1.02. The molecule has 0 radical (unpaired) electrons. The number of halogens is 3. The van der Waals surface area contributed by atoms with Gasteiger partial charge >= 0.3 is 6.18 Å². The number of nitrogens with one attached hydrogen (secondary N) is 1. The highest BCUT2D eigenvalue weighted by Crippen LogP contribution is 2.43. The first-order valence-electron chi connectivity index (χ1n) is 7.75. The molecule has 20 heavy (non-hydrogen) atoms. The Kier molecular flexibility index (Phi) is 4.41. The molecule has 5 heteroatoms. The molecular weight excluding hydrogens is 265 g/mol. The number of nitrogens with zero attached hydrogens (tertiary/aromatic N) is 1. The Labute approximate surface area is 120 Å². The summed E-state index contributed by atoms with van der Waals surface area (Å²) in [5, 5.41) is 3.67. The van der Waals surface area contributed by atoms with E-state index in [4.69, 9.17) is 0 Å². The molecule has 0 amide bonds. The van der Waals surface area contributed by atoms with E-state index < -0.39 is 12.6 Å². The van der Waals surface area contributed by atoms with Crippen molar-refractivity contribution in [3.8, 4) is 0 Å². The average molecular weight is 292 g/mol. The molecule has 1 saturated carbocycles. The Morgan fingerprint density at radius 2 is 1.90 bits per heavy atom. The van der Waals surface area contributed by atoms with Gasteiger partial charge in [0.25, 0.3) is 0 Å². The van der Waals surface area contributed by atoms with Gasteiger partial charge in [-0.1, -0.05) is 6.92 Å². The van der Waals surface area contributed by atoms with Gasteiger partial charge in [0.1, 0.15) is 0 Å². The highest BCUT2D eigenvalue weighted by molar-refractivity contribution is 5.07. The molecular formula is C15H27F3N2. The summed E-state index contributed by atoms with van der Waals surface area (Å²) >= 11 is 0. The zero-order valence-electron chi connectivity index (χ0n) is 12.8. The summed E-state index contributed by atoms with van der Waals surface area (Å²) in [5.41, 5.74) is 0.0763. The third-order valence-electron chi connectivity index (χ3n) is 5.28. The van der Waals surface area contributed by atoms with Crippen LogP contribution in [0.2, 0.25) is 0 Å². The molecule has 2 unspecified atom stereocenters. The highest BCUT2D eigenvalue weighted by Gasteiger charge is 2.48. The maximum absolute atomic E-state index is 12.3. The van der Waals surface area contributed by atoms with E-state index in [9.17, 15) is 13.2 Å². The van der Waals surface area contributed by atoms with Crippen LogP contribution in [0.3, 0.4) is 0 Å². The lowest BCUT2D eigenvalue weighted by molar-refractivity contribution is -0.137. The molecule has 118 valence electrons. The van der Waals surface area contributed by atoms with Gasteiger partial charge in [0.2, 0.25) is 0 Å². The van der Waals surface area contributed by atoms with Gasteiger partial charge in [-0.05, 0) is 52.0 Å². The molecule has 1 heterocycles. The fourth-order valence-corrected chi connectivity index (χ4v) is 3.31. The monoisotopic (exact) mass is 292 g/mol. The third-order valence-corrected chi connectivity index (χ3v) is 5.28. The summed E-state index contributed by atoms with van der Waals surface area (Å²) in [6, 6.07) is 0. The average Bonchev–Trinajstić information content (AvgIpc) is 3.17. The van der Waals surface area contributed by atoms with Crippen LogP contribution in [-0.2, 0) is 0 Å². The number of rotatable bonds is 5. The van der Waals surface area contributed by atoms with Crippen LogP contribution in [0.5, 0.6) is 0 Å². The standard InChI is InChI=1S/C15H27F3N2/c1-4-13(2)10-19-14(3,12-6-7-12)11-20(13)9-5-8-15(16,17)18/h12,19H,4-11H2,1-3H3. The van der Waals surface area contributed by atoms with E-state index in [1.54, 1.807) is 0 Å². The lowest BCUT2D eigenvalue weighted by Crippen LogP contribution is -2.68. The molecule has 0 bridgehead atoms. The second-order valence-corrected chi connectivity index (χ2v) is 7.04. The predicted molar refractivity (Wildman–Crippen MR) is 74.7 cm³/mol. The Morgan fingerprint density at radius 1 is 1.25 bits per heavy atom. The van der Waals surface area contributed by atoms with E-state index in [0.717, 1.165) is 19.5 Å². The van der Waals surface area contributed by atoms with Crippen LogP contribution in [0.15, 0.2) is 0 Å². The molecule has 0 aromatic carbocycles. The number of alkyl halides is 3. The molecule has 2 aliphatic rings. The lowest BCUT2D eigenvalue weighted by atomic mass is 9.84. The summed E-state index contributed by atoms with van der Waals surface area (Å²) in [7, 11) is 0. The van der Waals surface area contributed by atoms with Crippen molar-refractivity contribution < 1.29 is 13.2 Å². The molecule has 0 aromatic heterocycles. The van der Waals surface area contributed by atoms with E-state index in [1.165, 1.54) is 12.8 Å². The predicted octanol–water partition coefficient (Wildman–Crippen LogP) is 3.57. The summed E-state index contributed by atoms with van der Waals surface area (Å²) in [6.45, 7) is 8.82. The van der Waals surface area contributed by atoms with Crippen LogP contribution >= 0.6 is 0 Å². The van der Waals surface area contributed by atoms with Crippen LogP contribution in [0.4, 0.5) is 13.2 Å². The first kappa shape index (κ1) is 16.1. The van der Waals surface area contributed by atoms with E-state index >= 15 is 0 Å². The van der Waals surface area contributed by atoms with Gasteiger partial charge in [-0.3, -0.25) is 4.90 Å². The van der Waals surface area contributed by atoms with Gasteiger partial charge < -0.3 is 5.32 Å². The Morgan fingerprint density at radius 3 is 2.40 bits per heavy atom. The van der Waals surface area contributed by atoms with Crippen molar-refractivity contribution in [3.05, 3.63) is 0 Å². The lowest BCUT2D eigenvalue weighted by Gasteiger charge is -2.52. The van der Waals surface area contributed by atoms with Gasteiger partial charge in [0.15, 0.2) is 0 Å². The minimum Gasteiger partial charge on any atom is -0.308 e. The topological polar surface area (TPSA) is 15.3 Å². The third kappa shape index (κ3) is 3.67. The molecule has 0 spiro atoms. The SMILES string of the molecule is CCC1(C)CNC(C)(C2CC2)CN1CCCC(F)(F)F. The van der Waals surface area contributed by atoms with E-state index in [-0.39, 0.29) is 17.5 Å². The Balaban J connectivity index is 1.96. The number of hydrogen-bond donors (Lipinski definition) is 1. The van der Waals surface area contributed by atoms with Gasteiger partial charge in [0.05, 0.1) is 0 Å². The number of piperazine rings is 1. The molecule has 2 rings (SSSR count). The normalized spacial score (nSPS) is 36.3. The Bertz CT molecular complexity index is 341. The van der Waals surface area contributed by atoms with Crippen LogP contribution in [0.25, 0.3) is 0 Å². The maximum atomic E-state index is 12.3. The van der Waals surface area contributed by atoms with E-state index in [2.05, 4.69) is 31.0 Å². The molecule has 2 fully saturated rings. The highest BCUT2D eigenvalue weighted by atomic mass is 19.4. The smallest absolute Gasteiger partial charge is 0.308 e. The minimum atomic E-state index is -4.03. The van der Waals surface area contributed by atoms with Crippen molar-refractivity contribution >= 4 is 0 Å². The Hall–Kier alpha value is -0.290.